The molecule has 0 radical (unpaired) electrons. The molecule has 86 valence electrons. The lowest BCUT2D eigenvalue weighted by molar-refractivity contribution is 0.669. The zero-order valence-corrected chi connectivity index (χ0v) is 10.4. The highest BCUT2D eigenvalue weighted by Gasteiger charge is 2.15. The number of aryl methyl sites for hydroxylation is 1. The molecule has 0 saturated carbocycles. The van der Waals surface area contributed by atoms with Gasteiger partial charge in [-0.2, -0.15) is 0 Å². The minimum absolute atomic E-state index is 0.883. The van der Waals surface area contributed by atoms with Crippen molar-refractivity contribution in [3.63, 3.8) is 0 Å². The molecule has 0 saturated heterocycles. The van der Waals surface area contributed by atoms with Crippen molar-refractivity contribution in [2.45, 2.75) is 25.7 Å². The first-order chi connectivity index (χ1) is 8.34. The molecule has 1 aromatic carbocycles. The Labute approximate surface area is 106 Å². The van der Waals surface area contributed by atoms with Crippen LogP contribution < -0.4 is 0 Å². The summed E-state index contributed by atoms with van der Waals surface area (Å²) in [6.45, 7) is 0. The quantitative estimate of drug-likeness (QED) is 0.729. The van der Waals surface area contributed by atoms with Crippen LogP contribution in [0.1, 0.15) is 24.1 Å². The number of nitrogens with zero attached hydrogens (tertiary/aromatic N) is 1. The van der Waals surface area contributed by atoms with Gasteiger partial charge in [-0.05, 0) is 37.3 Å². The highest BCUT2D eigenvalue weighted by molar-refractivity contribution is 6.31. The molecule has 1 aromatic heterocycles. The topological polar surface area (TPSA) is 12.9 Å². The monoisotopic (exact) mass is 243 g/mol. The van der Waals surface area contributed by atoms with Gasteiger partial charge >= 0.3 is 0 Å². The molecular formula is C15H14ClN. The van der Waals surface area contributed by atoms with Gasteiger partial charge in [-0.15, -0.1) is 0 Å². The molecule has 0 atom stereocenters. The zero-order valence-electron chi connectivity index (χ0n) is 9.62. The summed E-state index contributed by atoms with van der Waals surface area (Å²) in [6, 6.07) is 12.2. The van der Waals surface area contributed by atoms with Crippen molar-refractivity contribution in [3.05, 3.63) is 52.7 Å². The van der Waals surface area contributed by atoms with Gasteiger partial charge in [0, 0.05) is 16.3 Å². The number of benzene rings is 1. The van der Waals surface area contributed by atoms with Crippen LogP contribution in [-0.4, -0.2) is 4.98 Å². The number of halogens is 1. The zero-order chi connectivity index (χ0) is 11.7. The Morgan fingerprint density at radius 1 is 1.00 bits per heavy atom. The van der Waals surface area contributed by atoms with Crippen molar-refractivity contribution in [1.82, 2.24) is 4.98 Å². The minimum atomic E-state index is 0.883. The molecule has 17 heavy (non-hydrogen) atoms. The lowest BCUT2D eigenvalue weighted by atomic mass is 9.95. The molecule has 0 unspecified atom stereocenters. The molecule has 1 aliphatic rings. The van der Waals surface area contributed by atoms with Gasteiger partial charge in [-0.1, -0.05) is 41.9 Å². The van der Waals surface area contributed by atoms with E-state index in [-0.39, 0.29) is 0 Å². The van der Waals surface area contributed by atoms with Crippen LogP contribution in [0.4, 0.5) is 0 Å². The Morgan fingerprint density at radius 3 is 2.59 bits per heavy atom. The standard InChI is InChI=1S/C15H14ClN/c16-13-10-15(11-6-2-1-3-7-11)17-14-9-5-4-8-12(13)14/h1-3,6-7,10H,4-5,8-9H2. The molecule has 0 aliphatic heterocycles. The van der Waals surface area contributed by atoms with Gasteiger partial charge in [0.2, 0.25) is 0 Å². The summed E-state index contributed by atoms with van der Waals surface area (Å²) in [4.78, 5) is 4.76. The third-order valence-corrected chi connectivity index (χ3v) is 3.65. The Morgan fingerprint density at radius 2 is 1.76 bits per heavy atom. The van der Waals surface area contributed by atoms with Gasteiger partial charge in [0.05, 0.1) is 5.69 Å². The smallest absolute Gasteiger partial charge is 0.0720 e. The van der Waals surface area contributed by atoms with E-state index in [2.05, 4.69) is 12.1 Å². The summed E-state index contributed by atoms with van der Waals surface area (Å²) in [5, 5.41) is 0.883. The van der Waals surface area contributed by atoms with Crippen molar-refractivity contribution in [3.8, 4) is 11.3 Å². The second kappa shape index (κ2) is 4.50. The Balaban J connectivity index is 2.11. The van der Waals surface area contributed by atoms with E-state index in [1.165, 1.54) is 24.1 Å². The second-order valence-electron chi connectivity index (χ2n) is 4.49. The molecule has 1 aliphatic carbocycles. The van der Waals surface area contributed by atoms with Crippen molar-refractivity contribution in [2.75, 3.05) is 0 Å². The number of pyridine rings is 1. The first kappa shape index (κ1) is 10.8. The third kappa shape index (κ3) is 2.07. The fourth-order valence-electron chi connectivity index (χ4n) is 2.41. The van der Waals surface area contributed by atoms with E-state index < -0.39 is 0 Å². The number of aromatic nitrogens is 1. The van der Waals surface area contributed by atoms with Crippen molar-refractivity contribution in [2.24, 2.45) is 0 Å². The van der Waals surface area contributed by atoms with E-state index in [0.717, 1.165) is 29.1 Å². The van der Waals surface area contributed by atoms with Crippen LogP contribution in [0.3, 0.4) is 0 Å². The molecule has 2 heteroatoms. The van der Waals surface area contributed by atoms with Crippen LogP contribution in [0, 0.1) is 0 Å². The molecule has 2 aromatic rings. The maximum absolute atomic E-state index is 6.36. The molecule has 1 heterocycles. The van der Waals surface area contributed by atoms with Gasteiger partial charge in [0.15, 0.2) is 0 Å². The normalized spacial score (nSPS) is 14.4. The molecule has 0 amide bonds. The van der Waals surface area contributed by atoms with Crippen LogP contribution >= 0.6 is 11.6 Å². The summed E-state index contributed by atoms with van der Waals surface area (Å²) < 4.78 is 0. The van der Waals surface area contributed by atoms with E-state index in [0.29, 0.717) is 0 Å². The molecule has 1 nitrogen and oxygen atoms in total. The summed E-state index contributed by atoms with van der Waals surface area (Å²) in [7, 11) is 0. The minimum Gasteiger partial charge on any atom is -0.252 e. The van der Waals surface area contributed by atoms with E-state index in [9.17, 15) is 0 Å². The molecule has 0 N–H and O–H groups in total. The lowest BCUT2D eigenvalue weighted by Crippen LogP contribution is -2.06. The molecule has 0 bridgehead atoms. The van der Waals surface area contributed by atoms with E-state index >= 15 is 0 Å². The molecule has 0 fully saturated rings. The predicted molar refractivity (Wildman–Crippen MR) is 71.3 cm³/mol. The van der Waals surface area contributed by atoms with Crippen molar-refractivity contribution < 1.29 is 0 Å². The summed E-state index contributed by atoms with van der Waals surface area (Å²) >= 11 is 6.36. The second-order valence-corrected chi connectivity index (χ2v) is 4.89. The van der Waals surface area contributed by atoms with Crippen LogP contribution in [-0.2, 0) is 12.8 Å². The predicted octanol–water partition coefficient (Wildman–Crippen LogP) is 4.28. The van der Waals surface area contributed by atoms with Gasteiger partial charge in [-0.25, -0.2) is 0 Å². The fraction of sp³-hybridized carbons (Fsp3) is 0.267. The lowest BCUT2D eigenvalue weighted by Gasteiger charge is -2.17. The number of rotatable bonds is 1. The van der Waals surface area contributed by atoms with Crippen LogP contribution in [0.25, 0.3) is 11.3 Å². The fourth-order valence-corrected chi connectivity index (χ4v) is 2.72. The Kier molecular flexibility index (Phi) is 2.86. The van der Waals surface area contributed by atoms with Crippen molar-refractivity contribution in [1.29, 1.82) is 0 Å². The summed E-state index contributed by atoms with van der Waals surface area (Å²) in [6.07, 6.45) is 4.61. The van der Waals surface area contributed by atoms with E-state index in [4.69, 9.17) is 16.6 Å². The average Bonchev–Trinajstić information content (AvgIpc) is 2.40. The molecular weight excluding hydrogens is 230 g/mol. The van der Waals surface area contributed by atoms with E-state index in [1.807, 2.05) is 24.3 Å². The number of hydrogen-bond donors (Lipinski definition) is 0. The number of fused-ring (bicyclic) bond motifs is 1. The van der Waals surface area contributed by atoms with Crippen LogP contribution in [0.2, 0.25) is 5.02 Å². The highest BCUT2D eigenvalue weighted by atomic mass is 35.5. The summed E-state index contributed by atoms with van der Waals surface area (Å²) in [5.41, 5.74) is 4.60. The first-order valence-electron chi connectivity index (χ1n) is 6.08. The maximum Gasteiger partial charge on any atom is 0.0720 e. The Bertz CT molecular complexity index is 534. The largest absolute Gasteiger partial charge is 0.252 e. The first-order valence-corrected chi connectivity index (χ1v) is 6.46. The van der Waals surface area contributed by atoms with Crippen LogP contribution in [0.15, 0.2) is 36.4 Å². The summed E-state index contributed by atoms with van der Waals surface area (Å²) in [5.74, 6) is 0. The molecule has 0 spiro atoms. The SMILES string of the molecule is Clc1cc(-c2ccccc2)nc2c1CCCC2. The highest BCUT2D eigenvalue weighted by Crippen LogP contribution is 2.30. The molecule has 3 rings (SSSR count). The Hall–Kier alpha value is -1.34. The van der Waals surface area contributed by atoms with Crippen molar-refractivity contribution >= 4 is 11.6 Å². The van der Waals surface area contributed by atoms with Gasteiger partial charge < -0.3 is 0 Å². The third-order valence-electron chi connectivity index (χ3n) is 3.32. The maximum atomic E-state index is 6.36. The van der Waals surface area contributed by atoms with Gasteiger partial charge in [0.25, 0.3) is 0 Å². The van der Waals surface area contributed by atoms with Gasteiger partial charge in [-0.3, -0.25) is 4.98 Å². The van der Waals surface area contributed by atoms with E-state index in [1.54, 1.807) is 0 Å². The van der Waals surface area contributed by atoms with Crippen LogP contribution in [0.5, 0.6) is 0 Å². The average molecular weight is 244 g/mol. The van der Waals surface area contributed by atoms with Gasteiger partial charge in [0.1, 0.15) is 0 Å². The number of hydrogen-bond acceptors (Lipinski definition) is 1.